The van der Waals surface area contributed by atoms with Gasteiger partial charge in [-0.25, -0.2) is 0 Å². The van der Waals surface area contributed by atoms with E-state index in [1.165, 1.54) is 24.8 Å². The Balaban J connectivity index is 1.95. The van der Waals surface area contributed by atoms with Gasteiger partial charge in [0.15, 0.2) is 0 Å². The lowest BCUT2D eigenvalue weighted by atomic mass is 9.80. The van der Waals surface area contributed by atoms with Crippen LogP contribution in [0.4, 0.5) is 0 Å². The highest BCUT2D eigenvalue weighted by atomic mass is 14.3. The number of allylic oxidation sites excluding steroid dienone is 4. The third kappa shape index (κ3) is 1.54. The van der Waals surface area contributed by atoms with Crippen LogP contribution in [0.5, 0.6) is 0 Å². The van der Waals surface area contributed by atoms with Gasteiger partial charge >= 0.3 is 0 Å². The zero-order chi connectivity index (χ0) is 10.1. The van der Waals surface area contributed by atoms with Gasteiger partial charge in [0.2, 0.25) is 0 Å². The first-order valence-corrected chi connectivity index (χ1v) is 5.87. The fourth-order valence-electron chi connectivity index (χ4n) is 2.97. The van der Waals surface area contributed by atoms with E-state index >= 15 is 0 Å². The van der Waals surface area contributed by atoms with Crippen LogP contribution in [0.3, 0.4) is 0 Å². The molecule has 0 heterocycles. The van der Waals surface area contributed by atoms with Gasteiger partial charge in [-0.15, -0.1) is 0 Å². The lowest BCUT2D eigenvalue weighted by molar-refractivity contribution is 0.559. The minimum atomic E-state index is 0.633. The van der Waals surface area contributed by atoms with Crippen molar-refractivity contribution in [3.8, 4) is 0 Å². The van der Waals surface area contributed by atoms with Gasteiger partial charge in [-0.3, -0.25) is 0 Å². The van der Waals surface area contributed by atoms with E-state index in [9.17, 15) is 0 Å². The molecule has 0 heteroatoms. The van der Waals surface area contributed by atoms with Crippen molar-refractivity contribution in [2.24, 2.45) is 5.92 Å². The van der Waals surface area contributed by atoms with Crippen LogP contribution in [-0.4, -0.2) is 0 Å². The number of hydrogen-bond donors (Lipinski definition) is 0. The van der Waals surface area contributed by atoms with E-state index in [1.807, 2.05) is 0 Å². The number of fused-ring (bicyclic) bond motifs is 1. The molecule has 0 amide bonds. The molecule has 15 heavy (non-hydrogen) atoms. The van der Waals surface area contributed by atoms with E-state index in [1.54, 1.807) is 5.57 Å². The SMILES string of the molecule is C1=C[C@H](c2ccccc2)[C@@H]2CCCC2=C1. The molecule has 0 radical (unpaired) electrons. The fourth-order valence-corrected chi connectivity index (χ4v) is 2.97. The van der Waals surface area contributed by atoms with Crippen LogP contribution in [0.2, 0.25) is 0 Å². The van der Waals surface area contributed by atoms with E-state index in [0.717, 1.165) is 5.92 Å². The Bertz CT molecular complexity index is 397. The summed E-state index contributed by atoms with van der Waals surface area (Å²) in [6.07, 6.45) is 11.0. The van der Waals surface area contributed by atoms with Crippen LogP contribution in [0.1, 0.15) is 30.7 Å². The Hall–Kier alpha value is -1.30. The molecular weight excluding hydrogens is 180 g/mol. The molecule has 0 aliphatic heterocycles. The van der Waals surface area contributed by atoms with Crippen LogP contribution in [0, 0.1) is 5.92 Å². The Labute approximate surface area is 91.3 Å². The molecule has 0 nitrogen and oxygen atoms in total. The van der Waals surface area contributed by atoms with Gasteiger partial charge in [-0.2, -0.15) is 0 Å². The highest BCUT2D eigenvalue weighted by Crippen LogP contribution is 2.43. The van der Waals surface area contributed by atoms with E-state index < -0.39 is 0 Å². The van der Waals surface area contributed by atoms with E-state index in [2.05, 4.69) is 48.6 Å². The predicted octanol–water partition coefficient (Wildman–Crippen LogP) is 4.07. The molecule has 0 saturated heterocycles. The lowest BCUT2D eigenvalue weighted by Gasteiger charge is -2.24. The van der Waals surface area contributed by atoms with Gasteiger partial charge in [0.1, 0.15) is 0 Å². The second-order valence-electron chi connectivity index (χ2n) is 4.56. The largest absolute Gasteiger partial charge is 0.0764 e. The molecule has 2 aliphatic rings. The summed E-state index contributed by atoms with van der Waals surface area (Å²) >= 11 is 0. The second kappa shape index (κ2) is 3.69. The predicted molar refractivity (Wildman–Crippen MR) is 63.7 cm³/mol. The van der Waals surface area contributed by atoms with Crippen molar-refractivity contribution >= 4 is 0 Å². The molecular formula is C15H16. The maximum Gasteiger partial charge on any atom is 0.00866 e. The first-order valence-electron chi connectivity index (χ1n) is 5.87. The minimum Gasteiger partial charge on any atom is -0.0764 e. The van der Waals surface area contributed by atoms with Gasteiger partial charge in [-0.1, -0.05) is 54.1 Å². The van der Waals surface area contributed by atoms with Gasteiger partial charge in [-0.05, 0) is 30.7 Å². The summed E-state index contributed by atoms with van der Waals surface area (Å²) in [5, 5.41) is 0. The average molecular weight is 196 g/mol. The van der Waals surface area contributed by atoms with Gasteiger partial charge in [0, 0.05) is 5.92 Å². The summed E-state index contributed by atoms with van der Waals surface area (Å²) < 4.78 is 0. The maximum atomic E-state index is 2.37. The molecule has 76 valence electrons. The highest BCUT2D eigenvalue weighted by molar-refractivity contribution is 5.35. The Morgan fingerprint density at radius 2 is 1.93 bits per heavy atom. The molecule has 0 unspecified atom stereocenters. The Morgan fingerprint density at radius 3 is 2.80 bits per heavy atom. The molecule has 0 bridgehead atoms. The zero-order valence-corrected chi connectivity index (χ0v) is 8.89. The summed E-state index contributed by atoms with van der Waals surface area (Å²) in [5.74, 6) is 1.42. The van der Waals surface area contributed by atoms with E-state index in [0.29, 0.717) is 5.92 Å². The van der Waals surface area contributed by atoms with Crippen LogP contribution in [0.15, 0.2) is 54.1 Å². The number of benzene rings is 1. The van der Waals surface area contributed by atoms with Crippen molar-refractivity contribution in [2.45, 2.75) is 25.2 Å². The smallest absolute Gasteiger partial charge is 0.00866 e. The molecule has 1 fully saturated rings. The summed E-state index contributed by atoms with van der Waals surface area (Å²) in [6, 6.07) is 10.9. The van der Waals surface area contributed by atoms with Gasteiger partial charge < -0.3 is 0 Å². The van der Waals surface area contributed by atoms with Crippen molar-refractivity contribution in [3.05, 3.63) is 59.7 Å². The molecule has 2 atom stereocenters. The molecule has 1 aromatic rings. The van der Waals surface area contributed by atoms with Crippen molar-refractivity contribution in [2.75, 3.05) is 0 Å². The molecule has 2 aliphatic carbocycles. The standard InChI is InChI=1S/C15H16/c1-2-6-12(7-3-1)14-10-4-8-13-9-5-11-15(13)14/h1-4,6-8,10,14-15H,5,9,11H2/t14-,15-/m1/s1. The fraction of sp³-hybridized carbons (Fsp3) is 0.333. The molecule has 3 rings (SSSR count). The summed E-state index contributed by atoms with van der Waals surface area (Å²) in [7, 11) is 0. The van der Waals surface area contributed by atoms with Crippen molar-refractivity contribution in [1.82, 2.24) is 0 Å². The van der Waals surface area contributed by atoms with Crippen molar-refractivity contribution in [1.29, 1.82) is 0 Å². The monoisotopic (exact) mass is 196 g/mol. The highest BCUT2D eigenvalue weighted by Gasteiger charge is 2.29. The number of hydrogen-bond acceptors (Lipinski definition) is 0. The third-order valence-corrected chi connectivity index (χ3v) is 3.70. The first-order chi connectivity index (χ1) is 7.45. The molecule has 0 aromatic heterocycles. The van der Waals surface area contributed by atoms with E-state index in [-0.39, 0.29) is 0 Å². The maximum absolute atomic E-state index is 2.37. The van der Waals surface area contributed by atoms with Crippen LogP contribution in [0.25, 0.3) is 0 Å². The summed E-state index contributed by atoms with van der Waals surface area (Å²) in [4.78, 5) is 0. The lowest BCUT2D eigenvalue weighted by Crippen LogP contribution is -2.11. The zero-order valence-electron chi connectivity index (χ0n) is 8.89. The normalized spacial score (nSPS) is 28.7. The van der Waals surface area contributed by atoms with Crippen LogP contribution in [-0.2, 0) is 0 Å². The van der Waals surface area contributed by atoms with Gasteiger partial charge in [0.25, 0.3) is 0 Å². The molecule has 1 aromatic carbocycles. The summed E-state index contributed by atoms with van der Waals surface area (Å²) in [6.45, 7) is 0. The van der Waals surface area contributed by atoms with Crippen molar-refractivity contribution < 1.29 is 0 Å². The average Bonchev–Trinajstić information content (AvgIpc) is 2.78. The topological polar surface area (TPSA) is 0 Å². The Morgan fingerprint density at radius 1 is 1.07 bits per heavy atom. The second-order valence-corrected chi connectivity index (χ2v) is 4.56. The van der Waals surface area contributed by atoms with Crippen LogP contribution >= 0.6 is 0 Å². The minimum absolute atomic E-state index is 0.633. The first kappa shape index (κ1) is 8.96. The van der Waals surface area contributed by atoms with Gasteiger partial charge in [0.05, 0.1) is 0 Å². The molecule has 0 N–H and O–H groups in total. The Kier molecular flexibility index (Phi) is 2.21. The number of rotatable bonds is 1. The summed E-state index contributed by atoms with van der Waals surface area (Å²) in [5.41, 5.74) is 3.15. The van der Waals surface area contributed by atoms with E-state index in [4.69, 9.17) is 0 Å². The molecule has 0 spiro atoms. The van der Waals surface area contributed by atoms with Crippen LogP contribution < -0.4 is 0 Å². The quantitative estimate of drug-likeness (QED) is 0.635. The molecule has 1 saturated carbocycles. The third-order valence-electron chi connectivity index (χ3n) is 3.70. The van der Waals surface area contributed by atoms with Crippen molar-refractivity contribution in [3.63, 3.8) is 0 Å².